The van der Waals surface area contributed by atoms with E-state index in [9.17, 15) is 14.0 Å². The molecular weight excluding hydrogens is 213 g/mol. The Morgan fingerprint density at radius 1 is 1.44 bits per heavy atom. The number of benzene rings is 1. The van der Waals surface area contributed by atoms with E-state index >= 15 is 0 Å². The van der Waals surface area contributed by atoms with Gasteiger partial charge >= 0.3 is 6.09 Å². The number of carbonyl (C=O) groups excluding carboxylic acids is 2. The average Bonchev–Trinajstić information content (AvgIpc) is 2.34. The zero-order valence-corrected chi connectivity index (χ0v) is 8.56. The normalized spacial score (nSPS) is 11.6. The van der Waals surface area contributed by atoms with E-state index in [0.717, 1.165) is 5.56 Å². The Hall–Kier alpha value is -1.91. The molecule has 0 heterocycles. The lowest BCUT2D eigenvalue weighted by atomic mass is 10.2. The largest absolute Gasteiger partial charge is 0.445 e. The first kappa shape index (κ1) is 12.2. The molecule has 1 atom stereocenters. The van der Waals surface area contributed by atoms with Crippen molar-refractivity contribution in [1.82, 2.24) is 5.32 Å². The van der Waals surface area contributed by atoms with Crippen molar-refractivity contribution in [2.45, 2.75) is 12.8 Å². The van der Waals surface area contributed by atoms with Gasteiger partial charge < -0.3 is 14.8 Å². The van der Waals surface area contributed by atoms with Crippen LogP contribution in [-0.2, 0) is 16.1 Å². The Labute approximate surface area is 92.4 Å². The van der Waals surface area contributed by atoms with Gasteiger partial charge in [0.2, 0.25) is 0 Å². The van der Waals surface area contributed by atoms with Crippen LogP contribution in [0, 0.1) is 0 Å². The number of amides is 1. The van der Waals surface area contributed by atoms with E-state index in [1.54, 1.807) is 12.1 Å². The summed E-state index contributed by atoms with van der Waals surface area (Å²) in [5, 5.41) is 2.14. The molecule has 0 aliphatic carbocycles. The van der Waals surface area contributed by atoms with E-state index in [2.05, 4.69) is 5.32 Å². The molecule has 0 spiro atoms. The molecule has 1 amide bonds. The molecule has 1 aromatic carbocycles. The summed E-state index contributed by atoms with van der Waals surface area (Å²) in [4.78, 5) is 21.0. The zero-order valence-electron chi connectivity index (χ0n) is 8.56. The van der Waals surface area contributed by atoms with Crippen molar-refractivity contribution in [3.63, 3.8) is 0 Å². The number of halogens is 1. The third-order valence-electron chi connectivity index (χ3n) is 1.80. The molecule has 16 heavy (non-hydrogen) atoms. The van der Waals surface area contributed by atoms with Gasteiger partial charge in [-0.25, -0.2) is 9.18 Å². The van der Waals surface area contributed by atoms with Gasteiger partial charge in [0.15, 0.2) is 12.5 Å². The molecule has 0 saturated carbocycles. The van der Waals surface area contributed by atoms with Crippen molar-refractivity contribution in [3.05, 3.63) is 35.9 Å². The third kappa shape index (κ3) is 4.54. The predicted molar refractivity (Wildman–Crippen MR) is 55.6 cm³/mol. The lowest BCUT2D eigenvalue weighted by Crippen LogP contribution is -2.31. The lowest BCUT2D eigenvalue weighted by Gasteiger charge is -2.06. The van der Waals surface area contributed by atoms with E-state index in [0.29, 0.717) is 0 Å². The minimum Gasteiger partial charge on any atom is -0.445 e. The Morgan fingerprint density at radius 2 is 2.12 bits per heavy atom. The number of hydrogen-bond acceptors (Lipinski definition) is 3. The van der Waals surface area contributed by atoms with Crippen LogP contribution in [0.1, 0.15) is 5.56 Å². The number of carbonyl (C=O) groups is 2. The summed E-state index contributed by atoms with van der Waals surface area (Å²) in [5.74, 6) is 0. The second-order valence-electron chi connectivity index (χ2n) is 3.09. The summed E-state index contributed by atoms with van der Waals surface area (Å²) in [5.41, 5.74) is 0.838. The maximum Gasteiger partial charge on any atom is 0.407 e. The highest BCUT2D eigenvalue weighted by molar-refractivity contribution is 5.68. The van der Waals surface area contributed by atoms with Gasteiger partial charge in [-0.15, -0.1) is 0 Å². The number of rotatable bonds is 5. The summed E-state index contributed by atoms with van der Waals surface area (Å²) in [6, 6.07) is 9.09. The molecule has 0 bridgehead atoms. The third-order valence-corrected chi connectivity index (χ3v) is 1.80. The molecule has 0 aliphatic rings. The van der Waals surface area contributed by atoms with Crippen LogP contribution in [0.4, 0.5) is 9.18 Å². The highest BCUT2D eigenvalue weighted by Crippen LogP contribution is 2.00. The topological polar surface area (TPSA) is 55.4 Å². The number of alkyl carbamates (subject to hydrolysis) is 1. The van der Waals surface area contributed by atoms with Crippen molar-refractivity contribution in [2.75, 3.05) is 6.54 Å². The lowest BCUT2D eigenvalue weighted by molar-refractivity contribution is -0.111. The van der Waals surface area contributed by atoms with Crippen LogP contribution >= 0.6 is 0 Å². The summed E-state index contributed by atoms with van der Waals surface area (Å²) in [6.45, 7) is -0.248. The second kappa shape index (κ2) is 6.55. The Balaban J connectivity index is 2.23. The van der Waals surface area contributed by atoms with Crippen molar-refractivity contribution >= 4 is 12.4 Å². The highest BCUT2D eigenvalue weighted by Gasteiger charge is 2.07. The highest BCUT2D eigenvalue weighted by atomic mass is 19.1. The maximum atomic E-state index is 12.4. The average molecular weight is 225 g/mol. The molecule has 0 radical (unpaired) electrons. The standard InChI is InChI=1S/C11H12FNO3/c12-10(7-14)6-13-11(15)16-8-9-4-2-1-3-5-9/h1-5,7,10H,6,8H2,(H,13,15). The molecule has 0 fully saturated rings. The van der Waals surface area contributed by atoms with Crippen LogP contribution in [0.3, 0.4) is 0 Å². The van der Waals surface area contributed by atoms with Crippen molar-refractivity contribution in [1.29, 1.82) is 0 Å². The molecule has 1 aromatic rings. The zero-order chi connectivity index (χ0) is 11.8. The molecular formula is C11H12FNO3. The fraction of sp³-hybridized carbons (Fsp3) is 0.273. The molecule has 1 N–H and O–H groups in total. The first-order chi connectivity index (χ1) is 7.72. The number of ether oxygens (including phenoxy) is 1. The van der Waals surface area contributed by atoms with Crippen LogP contribution in [0.25, 0.3) is 0 Å². The molecule has 0 saturated heterocycles. The van der Waals surface area contributed by atoms with E-state index < -0.39 is 12.3 Å². The number of aldehydes is 1. The second-order valence-corrected chi connectivity index (χ2v) is 3.09. The summed E-state index contributed by atoms with van der Waals surface area (Å²) in [6.07, 6.45) is -2.31. The maximum absolute atomic E-state index is 12.4. The van der Waals surface area contributed by atoms with E-state index in [-0.39, 0.29) is 19.4 Å². The van der Waals surface area contributed by atoms with Gasteiger partial charge in [0.05, 0.1) is 6.54 Å². The van der Waals surface area contributed by atoms with Crippen molar-refractivity contribution in [3.8, 4) is 0 Å². The quantitative estimate of drug-likeness (QED) is 0.771. The first-order valence-corrected chi connectivity index (χ1v) is 4.76. The Morgan fingerprint density at radius 3 is 2.75 bits per heavy atom. The predicted octanol–water partition coefficient (Wildman–Crippen LogP) is 1.45. The van der Waals surface area contributed by atoms with Gasteiger partial charge in [-0.1, -0.05) is 30.3 Å². The summed E-state index contributed by atoms with van der Waals surface area (Å²) < 4.78 is 17.2. The van der Waals surface area contributed by atoms with Crippen LogP contribution in [0.15, 0.2) is 30.3 Å². The number of nitrogens with one attached hydrogen (secondary N) is 1. The molecule has 86 valence electrons. The molecule has 1 unspecified atom stereocenters. The number of hydrogen-bond donors (Lipinski definition) is 1. The molecule has 1 rings (SSSR count). The fourth-order valence-electron chi connectivity index (χ4n) is 1.00. The summed E-state index contributed by atoms with van der Waals surface area (Å²) >= 11 is 0. The molecule has 0 aromatic heterocycles. The van der Waals surface area contributed by atoms with Crippen LogP contribution in [-0.4, -0.2) is 25.1 Å². The van der Waals surface area contributed by atoms with E-state index in [1.807, 2.05) is 18.2 Å². The van der Waals surface area contributed by atoms with Crippen molar-refractivity contribution < 1.29 is 18.7 Å². The minimum absolute atomic E-state index is 0.116. The monoisotopic (exact) mass is 225 g/mol. The number of alkyl halides is 1. The fourth-order valence-corrected chi connectivity index (χ4v) is 1.00. The van der Waals surface area contributed by atoms with Crippen LogP contribution < -0.4 is 5.32 Å². The SMILES string of the molecule is O=CC(F)CNC(=O)OCc1ccccc1. The van der Waals surface area contributed by atoms with Gasteiger partial charge in [0.25, 0.3) is 0 Å². The van der Waals surface area contributed by atoms with Gasteiger partial charge in [-0.3, -0.25) is 0 Å². The van der Waals surface area contributed by atoms with Crippen LogP contribution in [0.5, 0.6) is 0 Å². The Bertz CT molecular complexity index is 342. The van der Waals surface area contributed by atoms with E-state index in [4.69, 9.17) is 4.74 Å². The van der Waals surface area contributed by atoms with Crippen molar-refractivity contribution in [2.24, 2.45) is 0 Å². The molecule has 4 nitrogen and oxygen atoms in total. The van der Waals surface area contributed by atoms with Gasteiger partial charge in [-0.2, -0.15) is 0 Å². The van der Waals surface area contributed by atoms with Gasteiger partial charge in [0, 0.05) is 0 Å². The van der Waals surface area contributed by atoms with Gasteiger partial charge in [0.1, 0.15) is 6.61 Å². The Kier molecular flexibility index (Phi) is 4.98. The van der Waals surface area contributed by atoms with E-state index in [1.165, 1.54) is 0 Å². The van der Waals surface area contributed by atoms with Crippen LogP contribution in [0.2, 0.25) is 0 Å². The first-order valence-electron chi connectivity index (χ1n) is 4.76. The van der Waals surface area contributed by atoms with Gasteiger partial charge in [-0.05, 0) is 5.56 Å². The minimum atomic E-state index is -1.69. The molecule has 0 aliphatic heterocycles. The smallest absolute Gasteiger partial charge is 0.407 e. The molecule has 5 heteroatoms. The summed E-state index contributed by atoms with van der Waals surface area (Å²) in [7, 11) is 0.